The lowest BCUT2D eigenvalue weighted by molar-refractivity contribution is 0.0642. The molecular weight excluding hydrogens is 426 g/mol. The van der Waals surface area contributed by atoms with Gasteiger partial charge in [0.15, 0.2) is 0 Å². The summed E-state index contributed by atoms with van der Waals surface area (Å²) >= 11 is 0. The van der Waals surface area contributed by atoms with E-state index in [1.54, 1.807) is 13.2 Å². The molecule has 0 unspecified atom stereocenters. The number of hydrogen-bond donors (Lipinski definition) is 0. The lowest BCUT2D eigenvalue weighted by atomic mass is 10.1. The molecule has 6 heteroatoms. The number of rotatable bonds is 6. The number of carbonyl (C=O) groups is 2. The monoisotopic (exact) mass is 455 g/mol. The molecule has 2 heterocycles. The first-order valence-corrected chi connectivity index (χ1v) is 11.7. The molecular formula is C28H29N3O3. The number of methoxy groups -OCH3 is 1. The van der Waals surface area contributed by atoms with E-state index in [0.717, 1.165) is 49.7 Å². The highest BCUT2D eigenvalue weighted by molar-refractivity contribution is 6.23. The summed E-state index contributed by atoms with van der Waals surface area (Å²) < 4.78 is 5.21. The Morgan fingerprint density at radius 2 is 1.53 bits per heavy atom. The van der Waals surface area contributed by atoms with Gasteiger partial charge >= 0.3 is 0 Å². The maximum absolute atomic E-state index is 13.4. The molecule has 1 saturated heterocycles. The standard InChI is InChI=1S/C28H29N3O3/c1-20-6-3-4-7-22(20)19-29-14-16-30(17-15-29)25-9-5-8-24-26(25)28(33)31(27(24)32)18-21-10-12-23(34-2)13-11-21/h3-13H,14-19H2,1-2H3. The second-order valence-electron chi connectivity index (χ2n) is 8.93. The van der Waals surface area contributed by atoms with Gasteiger partial charge in [-0.3, -0.25) is 19.4 Å². The molecule has 34 heavy (non-hydrogen) atoms. The number of fused-ring (bicyclic) bond motifs is 1. The summed E-state index contributed by atoms with van der Waals surface area (Å²) in [6, 6.07) is 21.6. The van der Waals surface area contributed by atoms with Crippen LogP contribution in [0.5, 0.6) is 5.75 Å². The lowest BCUT2D eigenvalue weighted by Gasteiger charge is -2.37. The van der Waals surface area contributed by atoms with Gasteiger partial charge in [0.1, 0.15) is 5.75 Å². The Morgan fingerprint density at radius 1 is 0.794 bits per heavy atom. The second-order valence-corrected chi connectivity index (χ2v) is 8.93. The van der Waals surface area contributed by atoms with Crippen molar-refractivity contribution in [3.05, 3.63) is 94.5 Å². The van der Waals surface area contributed by atoms with E-state index in [1.807, 2.05) is 36.4 Å². The number of imide groups is 1. The molecule has 0 N–H and O–H groups in total. The fourth-order valence-corrected chi connectivity index (χ4v) is 4.81. The predicted molar refractivity (Wildman–Crippen MR) is 132 cm³/mol. The molecule has 3 aromatic carbocycles. The van der Waals surface area contributed by atoms with Crippen LogP contribution < -0.4 is 9.64 Å². The van der Waals surface area contributed by atoms with Gasteiger partial charge in [-0.05, 0) is 47.9 Å². The minimum atomic E-state index is -0.226. The SMILES string of the molecule is COc1ccc(CN2C(=O)c3cccc(N4CCN(Cc5ccccc5C)CC4)c3C2=O)cc1. The van der Waals surface area contributed by atoms with Gasteiger partial charge in [-0.15, -0.1) is 0 Å². The molecule has 5 rings (SSSR count). The number of benzene rings is 3. The zero-order chi connectivity index (χ0) is 23.7. The molecule has 0 aliphatic carbocycles. The van der Waals surface area contributed by atoms with Crippen molar-refractivity contribution in [3.8, 4) is 5.75 Å². The fraction of sp³-hybridized carbons (Fsp3) is 0.286. The van der Waals surface area contributed by atoms with Crippen LogP contribution in [-0.2, 0) is 13.1 Å². The molecule has 2 amide bonds. The van der Waals surface area contributed by atoms with Crippen LogP contribution in [0.15, 0.2) is 66.7 Å². The Kier molecular flexibility index (Phi) is 6.07. The molecule has 2 aliphatic heterocycles. The normalized spacial score (nSPS) is 16.2. The number of nitrogens with zero attached hydrogens (tertiary/aromatic N) is 3. The molecule has 6 nitrogen and oxygen atoms in total. The van der Waals surface area contributed by atoms with Crippen molar-refractivity contribution in [2.45, 2.75) is 20.0 Å². The molecule has 3 aromatic rings. The molecule has 1 fully saturated rings. The van der Waals surface area contributed by atoms with Gasteiger partial charge in [0.25, 0.3) is 11.8 Å². The van der Waals surface area contributed by atoms with Crippen molar-refractivity contribution in [1.82, 2.24) is 9.80 Å². The summed E-state index contributed by atoms with van der Waals surface area (Å²) in [5.41, 5.74) is 5.45. The minimum Gasteiger partial charge on any atom is -0.497 e. The number of hydrogen-bond acceptors (Lipinski definition) is 5. The average molecular weight is 456 g/mol. The van der Waals surface area contributed by atoms with E-state index in [-0.39, 0.29) is 18.4 Å². The zero-order valence-corrected chi connectivity index (χ0v) is 19.7. The Bertz CT molecular complexity index is 1210. The van der Waals surface area contributed by atoms with E-state index in [9.17, 15) is 9.59 Å². The first kappa shape index (κ1) is 22.2. The van der Waals surface area contributed by atoms with Crippen molar-refractivity contribution in [3.63, 3.8) is 0 Å². The number of amides is 2. The topological polar surface area (TPSA) is 53.1 Å². The molecule has 0 radical (unpaired) electrons. The third kappa shape index (κ3) is 4.17. The molecule has 0 atom stereocenters. The van der Waals surface area contributed by atoms with Crippen molar-refractivity contribution in [2.75, 3.05) is 38.2 Å². The van der Waals surface area contributed by atoms with E-state index >= 15 is 0 Å². The van der Waals surface area contributed by atoms with Crippen molar-refractivity contribution < 1.29 is 14.3 Å². The zero-order valence-electron chi connectivity index (χ0n) is 19.7. The van der Waals surface area contributed by atoms with Gasteiger partial charge in [0.2, 0.25) is 0 Å². The summed E-state index contributed by atoms with van der Waals surface area (Å²) in [4.78, 5) is 32.5. The Labute approximate surface area is 200 Å². The molecule has 0 bridgehead atoms. The van der Waals surface area contributed by atoms with Crippen molar-refractivity contribution >= 4 is 17.5 Å². The number of anilines is 1. The quantitative estimate of drug-likeness (QED) is 0.524. The van der Waals surface area contributed by atoms with Gasteiger partial charge in [0, 0.05) is 32.7 Å². The maximum Gasteiger partial charge on any atom is 0.263 e. The van der Waals surface area contributed by atoms with Crippen LogP contribution in [-0.4, -0.2) is 54.9 Å². The highest BCUT2D eigenvalue weighted by Gasteiger charge is 2.38. The Balaban J connectivity index is 1.30. The largest absolute Gasteiger partial charge is 0.497 e. The maximum atomic E-state index is 13.4. The average Bonchev–Trinajstić information content (AvgIpc) is 3.11. The number of aryl methyl sites for hydroxylation is 1. The van der Waals surface area contributed by atoms with Gasteiger partial charge in [-0.1, -0.05) is 42.5 Å². The summed E-state index contributed by atoms with van der Waals surface area (Å²) in [7, 11) is 1.61. The summed E-state index contributed by atoms with van der Waals surface area (Å²) in [5, 5.41) is 0. The van der Waals surface area contributed by atoms with Crippen LogP contribution >= 0.6 is 0 Å². The number of carbonyl (C=O) groups excluding carboxylic acids is 2. The van der Waals surface area contributed by atoms with Crippen LogP contribution in [0.3, 0.4) is 0 Å². The van der Waals surface area contributed by atoms with Crippen molar-refractivity contribution in [1.29, 1.82) is 0 Å². The van der Waals surface area contributed by atoms with Crippen LogP contribution in [0.4, 0.5) is 5.69 Å². The summed E-state index contributed by atoms with van der Waals surface area (Å²) in [5.74, 6) is 0.305. The van der Waals surface area contributed by atoms with E-state index in [4.69, 9.17) is 4.74 Å². The van der Waals surface area contributed by atoms with Gasteiger partial charge < -0.3 is 9.64 Å². The third-order valence-corrected chi connectivity index (χ3v) is 6.84. The smallest absolute Gasteiger partial charge is 0.263 e. The Hall–Kier alpha value is -3.64. The number of piperazine rings is 1. The minimum absolute atomic E-state index is 0.214. The van der Waals surface area contributed by atoms with E-state index in [0.29, 0.717) is 11.1 Å². The van der Waals surface area contributed by atoms with Crippen molar-refractivity contribution in [2.24, 2.45) is 0 Å². The lowest BCUT2D eigenvalue weighted by Crippen LogP contribution is -2.46. The van der Waals surface area contributed by atoms with Gasteiger partial charge in [0.05, 0.1) is 30.5 Å². The highest BCUT2D eigenvalue weighted by Crippen LogP contribution is 2.33. The molecule has 0 aromatic heterocycles. The van der Waals surface area contributed by atoms with Gasteiger partial charge in [-0.2, -0.15) is 0 Å². The molecule has 2 aliphatic rings. The van der Waals surface area contributed by atoms with Gasteiger partial charge in [-0.25, -0.2) is 0 Å². The van der Waals surface area contributed by atoms with Crippen LogP contribution in [0.1, 0.15) is 37.4 Å². The summed E-state index contributed by atoms with van der Waals surface area (Å²) in [6.07, 6.45) is 0. The second kappa shape index (κ2) is 9.31. The summed E-state index contributed by atoms with van der Waals surface area (Å²) in [6.45, 7) is 6.80. The number of ether oxygens (including phenoxy) is 1. The Morgan fingerprint density at radius 3 is 2.24 bits per heavy atom. The first-order valence-electron chi connectivity index (χ1n) is 11.7. The highest BCUT2D eigenvalue weighted by atomic mass is 16.5. The van der Waals surface area contributed by atoms with Crippen LogP contribution in [0.2, 0.25) is 0 Å². The third-order valence-electron chi connectivity index (χ3n) is 6.84. The molecule has 0 spiro atoms. The van der Waals surface area contributed by atoms with Crippen LogP contribution in [0, 0.1) is 6.92 Å². The van der Waals surface area contributed by atoms with E-state index in [2.05, 4.69) is 41.0 Å². The van der Waals surface area contributed by atoms with Crippen LogP contribution in [0.25, 0.3) is 0 Å². The fourth-order valence-electron chi connectivity index (χ4n) is 4.81. The van der Waals surface area contributed by atoms with E-state index in [1.165, 1.54) is 16.0 Å². The molecule has 174 valence electrons. The predicted octanol–water partition coefficient (Wildman–Crippen LogP) is 4.12. The first-order chi connectivity index (χ1) is 16.5. The van der Waals surface area contributed by atoms with E-state index < -0.39 is 0 Å². The molecule has 0 saturated carbocycles.